The molecule has 0 fully saturated rings. The van der Waals surface area contributed by atoms with Crippen molar-refractivity contribution in [3.05, 3.63) is 84.1 Å². The lowest BCUT2D eigenvalue weighted by molar-refractivity contribution is 0.0697. The fourth-order valence-electron chi connectivity index (χ4n) is 2.44. The minimum absolute atomic E-state index is 0.149. The van der Waals surface area contributed by atoms with Crippen molar-refractivity contribution < 1.29 is 14.7 Å². The molecule has 118 valence electrons. The molecule has 0 saturated heterocycles. The molecule has 1 aromatic heterocycles. The quantitative estimate of drug-likeness (QED) is 0.769. The highest BCUT2D eigenvalue weighted by atomic mass is 16.4. The Morgan fingerprint density at radius 3 is 2.00 bits per heavy atom. The molecule has 0 saturated carbocycles. The summed E-state index contributed by atoms with van der Waals surface area (Å²) in [5.41, 5.74) is 1.59. The van der Waals surface area contributed by atoms with Crippen LogP contribution in [-0.4, -0.2) is 22.0 Å². The number of hydrogen-bond acceptors (Lipinski definition) is 3. The average Bonchev–Trinajstić information content (AvgIpc) is 2.62. The zero-order valence-corrected chi connectivity index (χ0v) is 12.6. The minimum atomic E-state index is -1.04. The van der Waals surface area contributed by atoms with E-state index in [4.69, 9.17) is 0 Å². The zero-order valence-electron chi connectivity index (χ0n) is 12.6. The Morgan fingerprint density at radius 2 is 1.38 bits per heavy atom. The molecule has 2 N–H and O–H groups in total. The van der Waals surface area contributed by atoms with Crippen LogP contribution in [-0.2, 0) is 0 Å². The first kappa shape index (κ1) is 15.4. The summed E-state index contributed by atoms with van der Waals surface area (Å²) in [5, 5.41) is 12.1. The smallest absolute Gasteiger partial charge is 0.336 e. The largest absolute Gasteiger partial charge is 0.478 e. The number of amides is 1. The number of rotatable bonds is 4. The van der Waals surface area contributed by atoms with Crippen molar-refractivity contribution in [3.63, 3.8) is 0 Å². The molecule has 0 spiro atoms. The second-order valence-corrected chi connectivity index (χ2v) is 5.07. The number of benzene rings is 2. The maximum atomic E-state index is 12.6. The Kier molecular flexibility index (Phi) is 4.34. The first-order chi connectivity index (χ1) is 11.7. The molecule has 0 atom stereocenters. The molecular formula is C19H14N2O3. The summed E-state index contributed by atoms with van der Waals surface area (Å²) >= 11 is 0. The fourth-order valence-corrected chi connectivity index (χ4v) is 2.44. The van der Waals surface area contributed by atoms with Gasteiger partial charge in [0.25, 0.3) is 5.91 Å². The molecule has 5 nitrogen and oxygen atoms in total. The molecule has 3 rings (SSSR count). The van der Waals surface area contributed by atoms with Crippen LogP contribution in [0.15, 0.2) is 72.9 Å². The third kappa shape index (κ3) is 3.15. The second kappa shape index (κ2) is 6.75. The predicted molar refractivity (Wildman–Crippen MR) is 91.0 cm³/mol. The summed E-state index contributed by atoms with van der Waals surface area (Å²) in [7, 11) is 0. The summed E-state index contributed by atoms with van der Waals surface area (Å²) in [4.78, 5) is 28.1. The number of hydrogen-bond donors (Lipinski definition) is 2. The van der Waals surface area contributed by atoms with E-state index in [1.165, 1.54) is 6.07 Å². The Morgan fingerprint density at radius 1 is 0.792 bits per heavy atom. The highest BCUT2D eigenvalue weighted by Gasteiger charge is 2.17. The van der Waals surface area contributed by atoms with Crippen LogP contribution < -0.4 is 5.32 Å². The molecule has 1 amide bonds. The number of anilines is 1. The minimum Gasteiger partial charge on any atom is -0.478 e. The maximum Gasteiger partial charge on any atom is 0.336 e. The Balaban J connectivity index is 2.03. The van der Waals surface area contributed by atoms with Crippen LogP contribution in [0.1, 0.15) is 20.7 Å². The number of carbonyl (C=O) groups is 2. The van der Waals surface area contributed by atoms with Gasteiger partial charge in [0, 0.05) is 11.8 Å². The van der Waals surface area contributed by atoms with Crippen molar-refractivity contribution in [1.82, 2.24) is 4.98 Å². The monoisotopic (exact) mass is 318 g/mol. The number of carboxylic acids is 1. The molecule has 0 aliphatic rings. The van der Waals surface area contributed by atoms with Crippen LogP contribution >= 0.6 is 0 Å². The summed E-state index contributed by atoms with van der Waals surface area (Å²) < 4.78 is 0. The third-order valence-electron chi connectivity index (χ3n) is 3.53. The molecule has 1 heterocycles. The Bertz CT molecular complexity index is 892. The van der Waals surface area contributed by atoms with Crippen LogP contribution in [0.5, 0.6) is 0 Å². The van der Waals surface area contributed by atoms with Crippen molar-refractivity contribution in [2.45, 2.75) is 0 Å². The van der Waals surface area contributed by atoms with Gasteiger partial charge in [0.15, 0.2) is 0 Å². The number of carbonyl (C=O) groups excluding carboxylic acids is 1. The van der Waals surface area contributed by atoms with E-state index in [-0.39, 0.29) is 11.5 Å². The topological polar surface area (TPSA) is 79.3 Å². The predicted octanol–water partition coefficient (Wildman–Crippen LogP) is 3.70. The normalized spacial score (nSPS) is 10.2. The SMILES string of the molecule is O=C(O)c1ccccc1-c1ccccc1C(=O)Nc1ccccn1. The summed E-state index contributed by atoms with van der Waals surface area (Å²) in [6, 6.07) is 18.7. The van der Waals surface area contributed by atoms with Crippen molar-refractivity contribution in [2.24, 2.45) is 0 Å². The van der Waals surface area contributed by atoms with E-state index in [1.54, 1.807) is 66.9 Å². The van der Waals surface area contributed by atoms with Crippen molar-refractivity contribution in [3.8, 4) is 11.1 Å². The molecule has 0 radical (unpaired) electrons. The van der Waals surface area contributed by atoms with Crippen LogP contribution in [0.25, 0.3) is 11.1 Å². The van der Waals surface area contributed by atoms with Crippen LogP contribution in [0.3, 0.4) is 0 Å². The van der Waals surface area contributed by atoms with Crippen LogP contribution in [0, 0.1) is 0 Å². The number of nitrogens with zero attached hydrogens (tertiary/aromatic N) is 1. The summed E-state index contributed by atoms with van der Waals surface area (Å²) in [6.07, 6.45) is 1.58. The van der Waals surface area contributed by atoms with Gasteiger partial charge in [-0.1, -0.05) is 42.5 Å². The molecule has 0 aliphatic carbocycles. The highest BCUT2D eigenvalue weighted by molar-refractivity contribution is 6.10. The van der Waals surface area contributed by atoms with Crippen LogP contribution in [0.2, 0.25) is 0 Å². The van der Waals surface area contributed by atoms with E-state index in [9.17, 15) is 14.7 Å². The lowest BCUT2D eigenvalue weighted by Crippen LogP contribution is -2.14. The van der Waals surface area contributed by atoms with E-state index in [0.717, 1.165) is 0 Å². The van der Waals surface area contributed by atoms with Gasteiger partial charge in [0.1, 0.15) is 5.82 Å². The Hall–Kier alpha value is -3.47. The lowest BCUT2D eigenvalue weighted by atomic mass is 9.95. The Labute approximate surface area is 138 Å². The van der Waals surface area contributed by atoms with Crippen molar-refractivity contribution >= 4 is 17.7 Å². The van der Waals surface area contributed by atoms with Gasteiger partial charge in [-0.15, -0.1) is 0 Å². The second-order valence-electron chi connectivity index (χ2n) is 5.07. The summed E-state index contributed by atoms with van der Waals surface area (Å²) in [6.45, 7) is 0. The third-order valence-corrected chi connectivity index (χ3v) is 3.53. The molecule has 24 heavy (non-hydrogen) atoms. The first-order valence-corrected chi connectivity index (χ1v) is 7.31. The van der Waals surface area contributed by atoms with Crippen LogP contribution in [0.4, 0.5) is 5.82 Å². The van der Waals surface area contributed by atoms with Gasteiger partial charge in [-0.25, -0.2) is 9.78 Å². The number of aromatic nitrogens is 1. The molecule has 3 aromatic rings. The standard InChI is InChI=1S/C19H14N2O3/c22-18(21-17-11-5-6-12-20-17)15-9-3-1-7-13(15)14-8-2-4-10-16(14)19(23)24/h1-12H,(H,23,24)(H,20,21,22). The van der Waals surface area contributed by atoms with Gasteiger partial charge in [-0.2, -0.15) is 0 Å². The average molecular weight is 318 g/mol. The lowest BCUT2D eigenvalue weighted by Gasteiger charge is -2.12. The maximum absolute atomic E-state index is 12.6. The number of pyridine rings is 1. The zero-order chi connectivity index (χ0) is 16.9. The number of aromatic carboxylic acids is 1. The molecule has 0 bridgehead atoms. The molecule has 0 aliphatic heterocycles. The van der Waals surface area contributed by atoms with Gasteiger partial charge in [-0.05, 0) is 35.4 Å². The van der Waals surface area contributed by atoms with Gasteiger partial charge in [0.05, 0.1) is 5.56 Å². The fraction of sp³-hybridized carbons (Fsp3) is 0. The van der Waals surface area contributed by atoms with Gasteiger partial charge >= 0.3 is 5.97 Å². The summed E-state index contributed by atoms with van der Waals surface area (Å²) in [5.74, 6) is -0.946. The van der Waals surface area contributed by atoms with E-state index >= 15 is 0 Å². The molecular weight excluding hydrogens is 304 g/mol. The van der Waals surface area contributed by atoms with E-state index in [1.807, 2.05) is 0 Å². The molecule has 5 heteroatoms. The van der Waals surface area contributed by atoms with E-state index < -0.39 is 5.97 Å². The highest BCUT2D eigenvalue weighted by Crippen LogP contribution is 2.27. The van der Waals surface area contributed by atoms with Gasteiger partial charge < -0.3 is 10.4 Å². The number of carboxylic acid groups (broad SMARTS) is 1. The van der Waals surface area contributed by atoms with E-state index in [2.05, 4.69) is 10.3 Å². The van der Waals surface area contributed by atoms with Gasteiger partial charge in [-0.3, -0.25) is 4.79 Å². The molecule has 0 unspecified atom stereocenters. The number of nitrogens with one attached hydrogen (secondary N) is 1. The first-order valence-electron chi connectivity index (χ1n) is 7.31. The van der Waals surface area contributed by atoms with Gasteiger partial charge in [0.2, 0.25) is 0 Å². The van der Waals surface area contributed by atoms with Crippen molar-refractivity contribution in [1.29, 1.82) is 0 Å². The van der Waals surface area contributed by atoms with Crippen molar-refractivity contribution in [2.75, 3.05) is 5.32 Å². The molecule has 2 aromatic carbocycles. The van der Waals surface area contributed by atoms with E-state index in [0.29, 0.717) is 22.5 Å².